The second-order valence-electron chi connectivity index (χ2n) is 13.6. The van der Waals surface area contributed by atoms with Crippen molar-refractivity contribution in [2.75, 3.05) is 0 Å². The second kappa shape index (κ2) is 11.3. The number of fused-ring (bicyclic) bond motifs is 8. The Morgan fingerprint density at radius 1 is 0.212 bits per heavy atom. The summed E-state index contributed by atoms with van der Waals surface area (Å²) in [7, 11) is 0. The molecule has 0 saturated heterocycles. The molecule has 0 aliphatic carbocycles. The van der Waals surface area contributed by atoms with E-state index in [1.54, 1.807) is 0 Å². The van der Waals surface area contributed by atoms with E-state index in [0.29, 0.717) is 0 Å². The van der Waals surface area contributed by atoms with Gasteiger partial charge in [-0.05, 0) is 102 Å². The summed E-state index contributed by atoms with van der Waals surface area (Å²) in [6.45, 7) is 0. The number of furan rings is 2. The maximum atomic E-state index is 6.20. The zero-order valence-corrected chi connectivity index (χ0v) is 28.1. The Balaban J connectivity index is 1.00. The van der Waals surface area contributed by atoms with Crippen LogP contribution in [0.15, 0.2) is 191 Å². The van der Waals surface area contributed by atoms with Crippen LogP contribution in [0.25, 0.3) is 110 Å². The Morgan fingerprint density at radius 3 is 0.885 bits per heavy atom. The third-order valence-electron chi connectivity index (χ3n) is 10.7. The van der Waals surface area contributed by atoms with Gasteiger partial charge < -0.3 is 8.83 Å². The zero-order valence-electron chi connectivity index (χ0n) is 28.1. The van der Waals surface area contributed by atoms with Gasteiger partial charge in [-0.25, -0.2) is 0 Å². The van der Waals surface area contributed by atoms with Gasteiger partial charge in [0.05, 0.1) is 0 Å². The van der Waals surface area contributed by atoms with Crippen molar-refractivity contribution in [3.63, 3.8) is 0 Å². The van der Waals surface area contributed by atoms with Gasteiger partial charge in [0.1, 0.15) is 22.3 Å². The van der Waals surface area contributed by atoms with Crippen LogP contribution in [-0.4, -0.2) is 0 Å². The molecule has 9 aromatic carbocycles. The normalized spacial score (nSPS) is 11.8. The minimum absolute atomic E-state index is 0.913. The number of hydrogen-bond acceptors (Lipinski definition) is 2. The molecule has 0 bridgehead atoms. The highest BCUT2D eigenvalue weighted by atomic mass is 16.3. The highest BCUT2D eigenvalue weighted by molar-refractivity contribution is 6.21. The third kappa shape index (κ3) is 4.44. The van der Waals surface area contributed by atoms with Gasteiger partial charge in [-0.2, -0.15) is 0 Å². The van der Waals surface area contributed by atoms with Crippen molar-refractivity contribution >= 4 is 65.4 Å². The zero-order chi connectivity index (χ0) is 34.2. The molecule has 0 amide bonds. The molecule has 2 aromatic heterocycles. The smallest absolute Gasteiger partial charge is 0.136 e. The van der Waals surface area contributed by atoms with Gasteiger partial charge in [0.15, 0.2) is 0 Å². The van der Waals surface area contributed by atoms with Crippen LogP contribution >= 0.6 is 0 Å². The molecule has 0 aliphatic rings. The summed E-state index contributed by atoms with van der Waals surface area (Å²) >= 11 is 0. The molecule has 2 heteroatoms. The van der Waals surface area contributed by atoms with Crippen LogP contribution in [0.1, 0.15) is 0 Å². The Morgan fingerprint density at radius 2 is 0.500 bits per heavy atom. The summed E-state index contributed by atoms with van der Waals surface area (Å²) in [5, 5.41) is 9.57. The molecule has 52 heavy (non-hydrogen) atoms. The van der Waals surface area contributed by atoms with Crippen molar-refractivity contribution in [3.05, 3.63) is 182 Å². The first kappa shape index (κ1) is 28.9. The molecule has 0 aliphatic heterocycles. The standard InChI is InChI=1S/C50H30O2/c1-2-12-42-41(11-1)49(33-21-17-31(18-22-33)35-25-27-39-37-9-5-7-15-45(37)51-47(39)29-35)43-13-3-4-14-44(43)50(42)34-23-19-32(20-24-34)36-26-28-40-38-10-6-8-16-46(38)52-48(40)30-36/h1-30H. The van der Waals surface area contributed by atoms with E-state index in [1.165, 1.54) is 43.8 Å². The fraction of sp³-hybridized carbons (Fsp3) is 0. The van der Waals surface area contributed by atoms with E-state index < -0.39 is 0 Å². The lowest BCUT2D eigenvalue weighted by Crippen LogP contribution is -1.91. The van der Waals surface area contributed by atoms with Crippen LogP contribution in [0, 0.1) is 0 Å². The Labute approximate surface area is 299 Å². The van der Waals surface area contributed by atoms with Gasteiger partial charge in [-0.15, -0.1) is 0 Å². The van der Waals surface area contributed by atoms with Crippen molar-refractivity contribution in [1.82, 2.24) is 0 Å². The molecular weight excluding hydrogens is 633 g/mol. The maximum absolute atomic E-state index is 6.20. The monoisotopic (exact) mass is 662 g/mol. The molecule has 11 rings (SSSR count). The fourth-order valence-electron chi connectivity index (χ4n) is 8.22. The van der Waals surface area contributed by atoms with Crippen molar-refractivity contribution in [2.45, 2.75) is 0 Å². The molecule has 0 spiro atoms. The van der Waals surface area contributed by atoms with E-state index in [0.717, 1.165) is 66.1 Å². The molecule has 0 radical (unpaired) electrons. The van der Waals surface area contributed by atoms with Gasteiger partial charge in [-0.3, -0.25) is 0 Å². The summed E-state index contributed by atoms with van der Waals surface area (Å²) in [5.41, 5.74) is 13.2. The maximum Gasteiger partial charge on any atom is 0.136 e. The third-order valence-corrected chi connectivity index (χ3v) is 10.7. The number of benzene rings is 9. The fourth-order valence-corrected chi connectivity index (χ4v) is 8.22. The van der Waals surface area contributed by atoms with Gasteiger partial charge in [0.2, 0.25) is 0 Å². The average molecular weight is 663 g/mol. The Bertz CT molecular complexity index is 2890. The molecule has 242 valence electrons. The van der Waals surface area contributed by atoms with Gasteiger partial charge in [-0.1, -0.05) is 146 Å². The van der Waals surface area contributed by atoms with Gasteiger partial charge in [0, 0.05) is 21.5 Å². The summed E-state index contributed by atoms with van der Waals surface area (Å²) in [6.07, 6.45) is 0. The number of rotatable bonds is 4. The van der Waals surface area contributed by atoms with E-state index in [2.05, 4.69) is 158 Å². The lowest BCUT2D eigenvalue weighted by atomic mass is 9.85. The molecule has 0 fully saturated rings. The lowest BCUT2D eigenvalue weighted by molar-refractivity contribution is 0.668. The molecule has 0 atom stereocenters. The molecule has 0 N–H and O–H groups in total. The molecule has 0 saturated carbocycles. The Kier molecular flexibility index (Phi) is 6.28. The molecule has 11 aromatic rings. The van der Waals surface area contributed by atoms with Crippen LogP contribution in [0.3, 0.4) is 0 Å². The van der Waals surface area contributed by atoms with E-state index in [9.17, 15) is 0 Å². The quantitative estimate of drug-likeness (QED) is 0.175. The SMILES string of the molecule is c1ccc2c(c1)oc1cc(-c3ccc(-c4c5ccccc5c(-c5ccc(-c6ccc7c(c6)oc6ccccc67)cc5)c5ccccc45)cc3)ccc12. The summed E-state index contributed by atoms with van der Waals surface area (Å²) < 4.78 is 12.4. The van der Waals surface area contributed by atoms with Crippen molar-refractivity contribution in [1.29, 1.82) is 0 Å². The average Bonchev–Trinajstić information content (AvgIpc) is 3.77. The minimum atomic E-state index is 0.913. The highest BCUT2D eigenvalue weighted by Crippen LogP contribution is 2.44. The van der Waals surface area contributed by atoms with Crippen LogP contribution in [0.5, 0.6) is 0 Å². The van der Waals surface area contributed by atoms with Crippen LogP contribution in [0.4, 0.5) is 0 Å². The predicted octanol–water partition coefficient (Wildman–Crippen LogP) is 14.5. The number of para-hydroxylation sites is 2. The van der Waals surface area contributed by atoms with Crippen LogP contribution in [-0.2, 0) is 0 Å². The first-order chi connectivity index (χ1) is 25.8. The summed E-state index contributed by atoms with van der Waals surface area (Å²) in [6, 6.07) is 65.2. The lowest BCUT2D eigenvalue weighted by Gasteiger charge is -2.18. The Hall–Kier alpha value is -6.90. The first-order valence-electron chi connectivity index (χ1n) is 17.7. The summed E-state index contributed by atoms with van der Waals surface area (Å²) in [5.74, 6) is 0. The van der Waals surface area contributed by atoms with Crippen molar-refractivity contribution in [3.8, 4) is 44.5 Å². The van der Waals surface area contributed by atoms with E-state index >= 15 is 0 Å². The van der Waals surface area contributed by atoms with E-state index in [1.807, 2.05) is 24.3 Å². The van der Waals surface area contributed by atoms with Gasteiger partial charge >= 0.3 is 0 Å². The topological polar surface area (TPSA) is 26.3 Å². The minimum Gasteiger partial charge on any atom is -0.456 e. The number of hydrogen-bond donors (Lipinski definition) is 0. The molecular formula is C50H30O2. The first-order valence-corrected chi connectivity index (χ1v) is 17.7. The highest BCUT2D eigenvalue weighted by Gasteiger charge is 2.17. The largest absolute Gasteiger partial charge is 0.456 e. The predicted molar refractivity (Wildman–Crippen MR) is 218 cm³/mol. The van der Waals surface area contributed by atoms with Gasteiger partial charge in [0.25, 0.3) is 0 Å². The van der Waals surface area contributed by atoms with Crippen LogP contribution < -0.4 is 0 Å². The van der Waals surface area contributed by atoms with E-state index in [4.69, 9.17) is 8.83 Å². The van der Waals surface area contributed by atoms with Crippen LogP contribution in [0.2, 0.25) is 0 Å². The van der Waals surface area contributed by atoms with E-state index in [-0.39, 0.29) is 0 Å². The van der Waals surface area contributed by atoms with Crippen molar-refractivity contribution < 1.29 is 8.83 Å². The van der Waals surface area contributed by atoms with Crippen molar-refractivity contribution in [2.24, 2.45) is 0 Å². The molecule has 2 heterocycles. The second-order valence-corrected chi connectivity index (χ2v) is 13.6. The molecule has 2 nitrogen and oxygen atoms in total. The summed E-state index contributed by atoms with van der Waals surface area (Å²) in [4.78, 5) is 0. The molecule has 0 unspecified atom stereocenters.